The van der Waals surface area contributed by atoms with Crippen LogP contribution in [-0.4, -0.2) is 19.8 Å². The average Bonchev–Trinajstić information content (AvgIpc) is 2.92. The Morgan fingerprint density at radius 3 is 2.81 bits per heavy atom. The minimum atomic E-state index is -1.08. The van der Waals surface area contributed by atoms with Gasteiger partial charge in [0, 0.05) is 0 Å². The molecule has 106 valence electrons. The van der Waals surface area contributed by atoms with E-state index >= 15 is 0 Å². The van der Waals surface area contributed by atoms with Crippen LogP contribution in [0.3, 0.4) is 0 Å². The van der Waals surface area contributed by atoms with E-state index in [0.29, 0.717) is 27.4 Å². The summed E-state index contributed by atoms with van der Waals surface area (Å²) in [5.41, 5.74) is 8.28. The zero-order valence-electron chi connectivity index (χ0n) is 10.5. The van der Waals surface area contributed by atoms with Crippen LogP contribution in [0.25, 0.3) is 11.0 Å². The first-order valence-electron chi connectivity index (χ1n) is 5.87. The molecular formula is C13H9ClN4O2S. The number of rotatable bonds is 3. The van der Waals surface area contributed by atoms with Crippen molar-refractivity contribution in [3.63, 3.8) is 0 Å². The lowest BCUT2D eigenvalue weighted by Gasteiger charge is -2.13. The van der Waals surface area contributed by atoms with E-state index in [-0.39, 0.29) is 11.3 Å². The van der Waals surface area contributed by atoms with E-state index in [1.165, 1.54) is 6.07 Å². The smallest absolute Gasteiger partial charge is 0.337 e. The molecule has 0 aliphatic heterocycles. The van der Waals surface area contributed by atoms with Gasteiger partial charge in [0.1, 0.15) is 11.0 Å². The van der Waals surface area contributed by atoms with Crippen molar-refractivity contribution in [3.8, 4) is 0 Å². The summed E-state index contributed by atoms with van der Waals surface area (Å²) in [5, 5.41) is 12.7. The van der Waals surface area contributed by atoms with Crippen LogP contribution in [-0.2, 0) is 0 Å². The highest BCUT2D eigenvalue weighted by molar-refractivity contribution is 7.00. The molecule has 0 aliphatic rings. The maximum Gasteiger partial charge on any atom is 0.337 e. The van der Waals surface area contributed by atoms with Gasteiger partial charge in [0.15, 0.2) is 0 Å². The largest absolute Gasteiger partial charge is 0.478 e. The Hall–Kier alpha value is -2.38. The number of hydrogen-bond donors (Lipinski definition) is 3. The van der Waals surface area contributed by atoms with Crippen LogP contribution in [0.15, 0.2) is 30.3 Å². The van der Waals surface area contributed by atoms with Crippen LogP contribution < -0.4 is 11.1 Å². The average molecular weight is 321 g/mol. The molecule has 0 aliphatic carbocycles. The second-order valence-electron chi connectivity index (χ2n) is 4.25. The first kappa shape index (κ1) is 13.6. The van der Waals surface area contributed by atoms with Crippen molar-refractivity contribution >= 4 is 57.4 Å². The number of nitrogen functional groups attached to an aromatic ring is 1. The Balaban J connectivity index is 2.17. The second kappa shape index (κ2) is 5.19. The molecule has 0 atom stereocenters. The third-order valence-corrected chi connectivity index (χ3v) is 3.81. The third kappa shape index (κ3) is 2.37. The molecule has 0 saturated carbocycles. The molecule has 6 nitrogen and oxygen atoms in total. The number of aromatic nitrogens is 2. The monoisotopic (exact) mass is 320 g/mol. The first-order chi connectivity index (χ1) is 10.1. The number of nitrogens with zero attached hydrogens (tertiary/aromatic N) is 2. The number of nitrogens with one attached hydrogen (secondary N) is 1. The molecule has 0 fully saturated rings. The van der Waals surface area contributed by atoms with Crippen molar-refractivity contribution in [2.75, 3.05) is 11.1 Å². The van der Waals surface area contributed by atoms with Crippen LogP contribution in [0.4, 0.5) is 17.1 Å². The van der Waals surface area contributed by atoms with Gasteiger partial charge in [-0.25, -0.2) is 4.79 Å². The molecule has 1 aromatic heterocycles. The summed E-state index contributed by atoms with van der Waals surface area (Å²) in [4.78, 5) is 11.3. The number of carbonyl (C=O) groups is 1. The molecule has 3 aromatic rings. The van der Waals surface area contributed by atoms with E-state index in [1.807, 2.05) is 0 Å². The maximum atomic E-state index is 11.3. The van der Waals surface area contributed by atoms with E-state index in [4.69, 9.17) is 17.3 Å². The minimum absolute atomic E-state index is 0.0614. The lowest BCUT2D eigenvalue weighted by atomic mass is 10.1. The van der Waals surface area contributed by atoms with Gasteiger partial charge < -0.3 is 16.2 Å². The van der Waals surface area contributed by atoms with Crippen LogP contribution in [0.5, 0.6) is 0 Å². The number of para-hydroxylation sites is 1. The van der Waals surface area contributed by atoms with Crippen molar-refractivity contribution in [3.05, 3.63) is 40.9 Å². The summed E-state index contributed by atoms with van der Waals surface area (Å²) in [5.74, 6) is -1.08. The normalized spacial score (nSPS) is 10.7. The number of anilines is 3. The number of nitrogens with two attached hydrogens (primary N) is 1. The predicted octanol–water partition coefficient (Wildman–Crippen LogP) is 3.37. The predicted molar refractivity (Wildman–Crippen MR) is 83.5 cm³/mol. The van der Waals surface area contributed by atoms with Gasteiger partial charge in [-0.2, -0.15) is 8.75 Å². The van der Waals surface area contributed by atoms with Gasteiger partial charge in [-0.05, 0) is 24.3 Å². The highest BCUT2D eigenvalue weighted by Gasteiger charge is 2.16. The molecule has 0 spiro atoms. The fourth-order valence-corrected chi connectivity index (χ4v) is 2.70. The molecule has 3 rings (SSSR count). The van der Waals surface area contributed by atoms with Gasteiger partial charge in [-0.15, -0.1) is 0 Å². The minimum Gasteiger partial charge on any atom is -0.478 e. The zero-order valence-corrected chi connectivity index (χ0v) is 12.1. The number of benzene rings is 2. The number of aromatic carboxylic acids is 1. The van der Waals surface area contributed by atoms with Crippen molar-refractivity contribution < 1.29 is 9.90 Å². The fraction of sp³-hybridized carbons (Fsp3) is 0. The van der Waals surface area contributed by atoms with Gasteiger partial charge in [-0.3, -0.25) is 0 Å². The number of fused-ring (bicyclic) bond motifs is 1. The molecule has 0 bridgehead atoms. The Morgan fingerprint density at radius 2 is 2.05 bits per heavy atom. The molecule has 0 amide bonds. The molecule has 21 heavy (non-hydrogen) atoms. The molecule has 4 N–H and O–H groups in total. The number of hydrogen-bond acceptors (Lipinski definition) is 6. The van der Waals surface area contributed by atoms with Crippen LogP contribution >= 0.6 is 23.3 Å². The first-order valence-corrected chi connectivity index (χ1v) is 6.98. The Bertz CT molecular complexity index is 849. The van der Waals surface area contributed by atoms with E-state index in [9.17, 15) is 9.90 Å². The van der Waals surface area contributed by atoms with Gasteiger partial charge in [0.2, 0.25) is 0 Å². The van der Waals surface area contributed by atoms with E-state index in [0.717, 1.165) is 11.7 Å². The van der Waals surface area contributed by atoms with E-state index in [1.54, 1.807) is 24.3 Å². The molecular weight excluding hydrogens is 312 g/mol. The Kier molecular flexibility index (Phi) is 3.36. The number of halogens is 1. The topological polar surface area (TPSA) is 101 Å². The molecule has 0 radical (unpaired) electrons. The van der Waals surface area contributed by atoms with E-state index < -0.39 is 5.97 Å². The van der Waals surface area contributed by atoms with Crippen LogP contribution in [0.2, 0.25) is 5.02 Å². The van der Waals surface area contributed by atoms with Crippen molar-refractivity contribution in [2.24, 2.45) is 0 Å². The summed E-state index contributed by atoms with van der Waals surface area (Å²) in [6.07, 6.45) is 0. The molecule has 1 heterocycles. The van der Waals surface area contributed by atoms with Crippen molar-refractivity contribution in [2.45, 2.75) is 0 Å². The lowest BCUT2D eigenvalue weighted by Crippen LogP contribution is -2.06. The Labute approximate surface area is 128 Å². The van der Waals surface area contributed by atoms with Gasteiger partial charge in [0.25, 0.3) is 0 Å². The second-order valence-corrected chi connectivity index (χ2v) is 5.19. The summed E-state index contributed by atoms with van der Waals surface area (Å²) in [7, 11) is 0. The molecule has 2 aromatic carbocycles. The molecule has 8 heteroatoms. The van der Waals surface area contributed by atoms with E-state index in [2.05, 4.69) is 14.1 Å². The summed E-state index contributed by atoms with van der Waals surface area (Å²) < 4.78 is 8.30. The van der Waals surface area contributed by atoms with Gasteiger partial charge in [-0.1, -0.05) is 17.7 Å². The zero-order chi connectivity index (χ0) is 15.0. The summed E-state index contributed by atoms with van der Waals surface area (Å²) in [6, 6.07) is 8.08. The highest BCUT2D eigenvalue weighted by atomic mass is 35.5. The van der Waals surface area contributed by atoms with Crippen molar-refractivity contribution in [1.29, 1.82) is 0 Å². The van der Waals surface area contributed by atoms with Crippen LogP contribution in [0, 0.1) is 0 Å². The highest BCUT2D eigenvalue weighted by Crippen LogP contribution is 2.35. The Morgan fingerprint density at radius 1 is 1.24 bits per heavy atom. The van der Waals surface area contributed by atoms with Gasteiger partial charge in [0.05, 0.1) is 39.4 Å². The fourth-order valence-electron chi connectivity index (χ4n) is 1.96. The quantitative estimate of drug-likeness (QED) is 0.640. The lowest BCUT2D eigenvalue weighted by molar-refractivity contribution is 0.0698. The van der Waals surface area contributed by atoms with Crippen LogP contribution in [0.1, 0.15) is 10.4 Å². The standard InChI is InChI=1S/C13H9ClN4O2S/c14-7-4-5-9-12(18-21-17-9)11(7)16-10-6(13(19)20)2-1-3-8(10)15/h1-5,16H,15H2,(H,19,20). The third-order valence-electron chi connectivity index (χ3n) is 2.95. The summed E-state index contributed by atoms with van der Waals surface area (Å²) >= 11 is 7.24. The summed E-state index contributed by atoms with van der Waals surface area (Å²) in [6.45, 7) is 0. The molecule has 0 saturated heterocycles. The molecule has 0 unspecified atom stereocenters. The maximum absolute atomic E-state index is 11.3. The van der Waals surface area contributed by atoms with Crippen molar-refractivity contribution in [1.82, 2.24) is 8.75 Å². The number of carboxylic acids is 1. The van der Waals surface area contributed by atoms with Gasteiger partial charge >= 0.3 is 5.97 Å². The number of carboxylic acid groups (broad SMARTS) is 1. The SMILES string of the molecule is Nc1cccc(C(=O)O)c1Nc1c(Cl)ccc2nsnc12.